The molecule has 0 bridgehead atoms. The van der Waals surface area contributed by atoms with Crippen LogP contribution in [0.4, 0.5) is 0 Å². The molecule has 0 aromatic heterocycles. The summed E-state index contributed by atoms with van der Waals surface area (Å²) in [7, 11) is -3.38. The summed E-state index contributed by atoms with van der Waals surface area (Å²) >= 11 is 3.33. The Morgan fingerprint density at radius 1 is 1.17 bits per heavy atom. The number of hydrogen-bond acceptors (Lipinski definition) is 2. The van der Waals surface area contributed by atoms with E-state index in [9.17, 15) is 8.42 Å². The summed E-state index contributed by atoms with van der Waals surface area (Å²) in [6.45, 7) is 6.96. The normalized spacial score (nSPS) is 12.1. The first-order valence-electron chi connectivity index (χ1n) is 6.19. The van der Waals surface area contributed by atoms with Crippen LogP contribution in [0, 0.1) is 6.92 Å². The minimum Gasteiger partial charge on any atom is -0.207 e. The lowest BCUT2D eigenvalue weighted by Gasteiger charge is -2.22. The maximum absolute atomic E-state index is 12.6. The van der Waals surface area contributed by atoms with Crippen molar-refractivity contribution in [1.29, 1.82) is 0 Å². The Labute approximate surface area is 118 Å². The van der Waals surface area contributed by atoms with Gasteiger partial charge >= 0.3 is 0 Å². The van der Waals surface area contributed by atoms with Gasteiger partial charge in [0.2, 0.25) is 10.0 Å². The first-order valence-corrected chi connectivity index (χ1v) is 8.43. The molecular weight excluding hydrogens is 314 g/mol. The molecule has 102 valence electrons. The Morgan fingerprint density at radius 3 is 2.22 bits per heavy atom. The van der Waals surface area contributed by atoms with Crippen molar-refractivity contribution >= 4 is 26.0 Å². The number of rotatable bonds is 6. The van der Waals surface area contributed by atoms with Crippen molar-refractivity contribution in [2.45, 2.75) is 38.5 Å². The Morgan fingerprint density at radius 2 is 1.72 bits per heavy atom. The SMILES string of the molecule is CCCN(CCC)S(=O)(=O)c1cc(Br)ccc1C. The molecule has 0 amide bonds. The second kappa shape index (κ2) is 6.68. The lowest BCUT2D eigenvalue weighted by Crippen LogP contribution is -2.33. The van der Waals surface area contributed by atoms with Gasteiger partial charge in [0.25, 0.3) is 0 Å². The van der Waals surface area contributed by atoms with Crippen molar-refractivity contribution in [2.24, 2.45) is 0 Å². The van der Waals surface area contributed by atoms with Crippen molar-refractivity contribution in [3.8, 4) is 0 Å². The second-order valence-corrected chi connectivity index (χ2v) is 7.14. The van der Waals surface area contributed by atoms with E-state index in [2.05, 4.69) is 15.9 Å². The zero-order chi connectivity index (χ0) is 13.8. The molecule has 0 atom stereocenters. The Balaban J connectivity index is 3.21. The van der Waals surface area contributed by atoms with Crippen LogP contribution >= 0.6 is 15.9 Å². The van der Waals surface area contributed by atoms with E-state index >= 15 is 0 Å². The lowest BCUT2D eigenvalue weighted by atomic mass is 10.2. The van der Waals surface area contributed by atoms with Crippen LogP contribution in [0.15, 0.2) is 27.6 Å². The van der Waals surface area contributed by atoms with Gasteiger partial charge in [-0.25, -0.2) is 8.42 Å². The first kappa shape index (κ1) is 15.7. The molecule has 0 N–H and O–H groups in total. The molecule has 0 radical (unpaired) electrons. The molecule has 0 spiro atoms. The van der Waals surface area contributed by atoms with E-state index in [1.165, 1.54) is 0 Å². The second-order valence-electron chi connectivity index (χ2n) is 4.31. The average Bonchev–Trinajstić information content (AvgIpc) is 2.32. The Bertz CT molecular complexity index is 494. The van der Waals surface area contributed by atoms with Crippen molar-refractivity contribution in [1.82, 2.24) is 4.31 Å². The molecule has 0 heterocycles. The maximum atomic E-state index is 12.6. The predicted octanol–water partition coefficient (Wildman–Crippen LogP) is 3.57. The molecule has 0 saturated heterocycles. The number of sulfonamides is 1. The third kappa shape index (κ3) is 3.56. The Kier molecular flexibility index (Phi) is 5.82. The lowest BCUT2D eigenvalue weighted by molar-refractivity contribution is 0.409. The number of hydrogen-bond donors (Lipinski definition) is 0. The summed E-state index contributed by atoms with van der Waals surface area (Å²) < 4.78 is 27.5. The summed E-state index contributed by atoms with van der Waals surface area (Å²) in [6.07, 6.45) is 1.65. The smallest absolute Gasteiger partial charge is 0.207 e. The minimum absolute atomic E-state index is 0.402. The van der Waals surface area contributed by atoms with Crippen LogP contribution in [0.25, 0.3) is 0 Å². The summed E-state index contributed by atoms with van der Waals surface area (Å²) in [5.74, 6) is 0. The van der Waals surface area contributed by atoms with Gasteiger partial charge in [-0.1, -0.05) is 35.8 Å². The fourth-order valence-corrected chi connectivity index (χ4v) is 4.23. The fraction of sp³-hybridized carbons (Fsp3) is 0.538. The van der Waals surface area contributed by atoms with Gasteiger partial charge in [-0.2, -0.15) is 4.31 Å². The van der Waals surface area contributed by atoms with Gasteiger partial charge in [0.15, 0.2) is 0 Å². The molecule has 0 fully saturated rings. The van der Waals surface area contributed by atoms with Crippen molar-refractivity contribution < 1.29 is 8.42 Å². The summed E-state index contributed by atoms with van der Waals surface area (Å²) in [5, 5.41) is 0. The fourth-order valence-electron chi connectivity index (χ4n) is 1.84. The molecule has 0 unspecified atom stereocenters. The molecule has 5 heteroatoms. The molecule has 18 heavy (non-hydrogen) atoms. The summed E-state index contributed by atoms with van der Waals surface area (Å²) in [4.78, 5) is 0.402. The molecule has 1 rings (SSSR count). The third-order valence-electron chi connectivity index (χ3n) is 2.71. The Hall–Kier alpha value is -0.390. The summed E-state index contributed by atoms with van der Waals surface area (Å²) in [6, 6.07) is 5.37. The highest BCUT2D eigenvalue weighted by molar-refractivity contribution is 9.10. The van der Waals surface area contributed by atoms with Gasteiger partial charge in [0.1, 0.15) is 0 Å². The largest absolute Gasteiger partial charge is 0.243 e. The van der Waals surface area contributed by atoms with E-state index in [0.717, 1.165) is 22.9 Å². The van der Waals surface area contributed by atoms with Crippen molar-refractivity contribution in [2.75, 3.05) is 13.1 Å². The van der Waals surface area contributed by atoms with Crippen LogP contribution in [0.2, 0.25) is 0 Å². The van der Waals surface area contributed by atoms with E-state index in [1.807, 2.05) is 32.9 Å². The van der Waals surface area contributed by atoms with Crippen LogP contribution in [0.5, 0.6) is 0 Å². The van der Waals surface area contributed by atoms with Crippen LogP contribution in [0.3, 0.4) is 0 Å². The van der Waals surface area contributed by atoms with Gasteiger partial charge in [-0.3, -0.25) is 0 Å². The highest BCUT2D eigenvalue weighted by Crippen LogP contribution is 2.24. The molecule has 0 aliphatic carbocycles. The third-order valence-corrected chi connectivity index (χ3v) is 5.25. The molecule has 1 aromatic rings. The van der Waals surface area contributed by atoms with Gasteiger partial charge in [0, 0.05) is 17.6 Å². The zero-order valence-corrected chi connectivity index (χ0v) is 13.5. The molecule has 1 aromatic carbocycles. The maximum Gasteiger partial charge on any atom is 0.243 e. The number of nitrogens with zero attached hydrogens (tertiary/aromatic N) is 1. The number of halogens is 1. The molecule has 0 aliphatic rings. The van der Waals surface area contributed by atoms with Gasteiger partial charge in [0.05, 0.1) is 4.90 Å². The quantitative estimate of drug-likeness (QED) is 0.798. The summed E-state index contributed by atoms with van der Waals surface area (Å²) in [5.41, 5.74) is 0.787. The van der Waals surface area contributed by atoms with Gasteiger partial charge in [-0.05, 0) is 37.5 Å². The molecule has 3 nitrogen and oxygen atoms in total. The van der Waals surface area contributed by atoms with Crippen LogP contribution in [-0.4, -0.2) is 25.8 Å². The number of benzene rings is 1. The predicted molar refractivity (Wildman–Crippen MR) is 78.2 cm³/mol. The first-order chi connectivity index (χ1) is 8.43. The molecular formula is C13H20BrNO2S. The molecule has 0 saturated carbocycles. The standard InChI is InChI=1S/C13H20BrNO2S/c1-4-8-15(9-5-2)18(16,17)13-10-12(14)7-6-11(13)3/h6-7,10H,4-5,8-9H2,1-3H3. The highest BCUT2D eigenvalue weighted by atomic mass is 79.9. The van der Waals surface area contributed by atoms with E-state index < -0.39 is 10.0 Å². The van der Waals surface area contributed by atoms with Gasteiger partial charge < -0.3 is 0 Å². The minimum atomic E-state index is -3.38. The van der Waals surface area contributed by atoms with Crippen LogP contribution in [-0.2, 0) is 10.0 Å². The van der Waals surface area contributed by atoms with E-state index in [0.29, 0.717) is 18.0 Å². The van der Waals surface area contributed by atoms with Crippen LogP contribution in [0.1, 0.15) is 32.3 Å². The van der Waals surface area contributed by atoms with E-state index in [1.54, 1.807) is 10.4 Å². The van der Waals surface area contributed by atoms with Gasteiger partial charge in [-0.15, -0.1) is 0 Å². The van der Waals surface area contributed by atoms with Crippen molar-refractivity contribution in [3.05, 3.63) is 28.2 Å². The van der Waals surface area contributed by atoms with E-state index in [4.69, 9.17) is 0 Å². The molecule has 0 aliphatic heterocycles. The number of aryl methyl sites for hydroxylation is 1. The van der Waals surface area contributed by atoms with Crippen LogP contribution < -0.4 is 0 Å². The van der Waals surface area contributed by atoms with E-state index in [-0.39, 0.29) is 0 Å². The zero-order valence-electron chi connectivity index (χ0n) is 11.1. The topological polar surface area (TPSA) is 37.4 Å². The highest BCUT2D eigenvalue weighted by Gasteiger charge is 2.24. The monoisotopic (exact) mass is 333 g/mol. The average molecular weight is 334 g/mol. The van der Waals surface area contributed by atoms with Crippen molar-refractivity contribution in [3.63, 3.8) is 0 Å².